The zero-order valence-electron chi connectivity index (χ0n) is 16.3. The van der Waals surface area contributed by atoms with Crippen LogP contribution in [0.2, 0.25) is 5.02 Å². The van der Waals surface area contributed by atoms with Crippen LogP contribution >= 0.6 is 24.0 Å². The molecule has 0 saturated carbocycles. The highest BCUT2D eigenvalue weighted by Gasteiger charge is 2.10. The lowest BCUT2D eigenvalue weighted by molar-refractivity contribution is 0.407. The summed E-state index contributed by atoms with van der Waals surface area (Å²) in [5.74, 6) is 0.913. The van der Waals surface area contributed by atoms with Gasteiger partial charge in [-0.05, 0) is 29.3 Å². The second-order valence-corrected chi connectivity index (χ2v) is 7.21. The quantitative estimate of drug-likeness (QED) is 0.388. The monoisotopic (exact) mass is 426 g/mol. The maximum Gasteiger partial charge on any atom is 0.123 e. The van der Waals surface area contributed by atoms with Gasteiger partial charge in [-0.25, -0.2) is 0 Å². The van der Waals surface area contributed by atoms with E-state index in [-0.39, 0.29) is 12.4 Å². The Labute approximate surface area is 182 Å². The maximum atomic E-state index is 6.37. The number of para-hydroxylation sites is 2. The first-order valence-corrected chi connectivity index (χ1v) is 9.77. The third kappa shape index (κ3) is 4.76. The van der Waals surface area contributed by atoms with Gasteiger partial charge in [-0.15, -0.1) is 12.4 Å². The van der Waals surface area contributed by atoms with E-state index in [9.17, 15) is 0 Å². The van der Waals surface area contributed by atoms with E-state index in [1.807, 2.05) is 36.4 Å². The third-order valence-corrected chi connectivity index (χ3v) is 5.36. The highest BCUT2D eigenvalue weighted by molar-refractivity contribution is 6.31. The lowest BCUT2D eigenvalue weighted by Gasteiger charge is -2.09. The number of halogens is 2. The van der Waals surface area contributed by atoms with E-state index in [4.69, 9.17) is 16.3 Å². The fourth-order valence-corrected chi connectivity index (χ4v) is 3.78. The second-order valence-electron chi connectivity index (χ2n) is 6.81. The van der Waals surface area contributed by atoms with E-state index in [2.05, 4.69) is 52.5 Å². The van der Waals surface area contributed by atoms with Gasteiger partial charge in [0.1, 0.15) is 5.75 Å². The molecule has 5 heteroatoms. The summed E-state index contributed by atoms with van der Waals surface area (Å²) in [6.07, 6.45) is 2.23. The molecule has 3 aromatic carbocycles. The van der Waals surface area contributed by atoms with E-state index >= 15 is 0 Å². The first kappa shape index (κ1) is 21.3. The first-order chi connectivity index (χ1) is 13.8. The Morgan fingerprint density at radius 1 is 0.828 bits per heavy atom. The van der Waals surface area contributed by atoms with Gasteiger partial charge in [0.15, 0.2) is 0 Å². The zero-order chi connectivity index (χ0) is 19.3. The molecule has 4 aromatic rings. The molecule has 150 valence electrons. The van der Waals surface area contributed by atoms with Crippen molar-refractivity contribution in [3.63, 3.8) is 0 Å². The van der Waals surface area contributed by atoms with Gasteiger partial charge in [-0.2, -0.15) is 0 Å². The summed E-state index contributed by atoms with van der Waals surface area (Å²) in [5, 5.41) is 5.62. The van der Waals surface area contributed by atoms with Crippen molar-refractivity contribution < 1.29 is 4.74 Å². The lowest BCUT2D eigenvalue weighted by Crippen LogP contribution is -2.13. The van der Waals surface area contributed by atoms with Gasteiger partial charge >= 0.3 is 0 Å². The molecule has 0 aliphatic rings. The molecule has 0 fully saturated rings. The molecule has 0 spiro atoms. The van der Waals surface area contributed by atoms with Crippen LogP contribution in [0.4, 0.5) is 0 Å². The van der Waals surface area contributed by atoms with Crippen molar-refractivity contribution >= 4 is 34.9 Å². The molecule has 0 unspecified atom stereocenters. The molecule has 4 rings (SSSR count). The summed E-state index contributed by atoms with van der Waals surface area (Å²) in [5.41, 5.74) is 4.78. The molecule has 0 atom stereocenters. The maximum absolute atomic E-state index is 6.37. The number of nitrogens with one attached hydrogen (secondary N) is 1. The van der Waals surface area contributed by atoms with Gasteiger partial charge in [-0.3, -0.25) is 0 Å². The number of rotatable bonds is 7. The van der Waals surface area contributed by atoms with Crippen LogP contribution in [0.25, 0.3) is 10.9 Å². The minimum Gasteiger partial charge on any atom is -0.496 e. The Balaban J connectivity index is 0.00000240. The van der Waals surface area contributed by atoms with Crippen molar-refractivity contribution in [3.8, 4) is 5.75 Å². The van der Waals surface area contributed by atoms with E-state index in [1.165, 1.54) is 16.5 Å². The normalized spacial score (nSPS) is 10.7. The number of fused-ring (bicyclic) bond motifs is 1. The summed E-state index contributed by atoms with van der Waals surface area (Å²) < 4.78 is 7.72. The van der Waals surface area contributed by atoms with Gasteiger partial charge in [-0.1, -0.05) is 66.2 Å². The lowest BCUT2D eigenvalue weighted by atomic mass is 10.1. The topological polar surface area (TPSA) is 26.2 Å². The molecule has 0 aliphatic heterocycles. The summed E-state index contributed by atoms with van der Waals surface area (Å²) in [4.78, 5) is 0. The highest BCUT2D eigenvalue weighted by Crippen LogP contribution is 2.25. The number of methoxy groups -OCH3 is 1. The average molecular weight is 427 g/mol. The van der Waals surface area contributed by atoms with E-state index < -0.39 is 0 Å². The van der Waals surface area contributed by atoms with Crippen molar-refractivity contribution in [3.05, 3.63) is 101 Å². The highest BCUT2D eigenvalue weighted by atomic mass is 35.5. The predicted molar refractivity (Wildman–Crippen MR) is 123 cm³/mol. The number of hydrogen-bond donors (Lipinski definition) is 1. The van der Waals surface area contributed by atoms with Gasteiger partial charge < -0.3 is 14.6 Å². The van der Waals surface area contributed by atoms with Crippen molar-refractivity contribution in [1.82, 2.24) is 9.88 Å². The molecule has 0 bridgehead atoms. The number of nitrogens with zero attached hydrogens (tertiary/aromatic N) is 1. The van der Waals surface area contributed by atoms with Gasteiger partial charge in [0.2, 0.25) is 0 Å². The molecule has 1 N–H and O–H groups in total. The van der Waals surface area contributed by atoms with Crippen LogP contribution in [0, 0.1) is 0 Å². The Morgan fingerprint density at radius 3 is 2.28 bits per heavy atom. The Kier molecular flexibility index (Phi) is 7.21. The zero-order valence-corrected chi connectivity index (χ0v) is 17.8. The predicted octanol–water partition coefficient (Wildman–Crippen LogP) is 6.06. The van der Waals surface area contributed by atoms with Crippen LogP contribution < -0.4 is 10.1 Å². The van der Waals surface area contributed by atoms with Crippen LogP contribution in [0.15, 0.2) is 79.0 Å². The minimum atomic E-state index is 0. The first-order valence-electron chi connectivity index (χ1n) is 9.39. The largest absolute Gasteiger partial charge is 0.496 e. The summed E-state index contributed by atoms with van der Waals surface area (Å²) >= 11 is 6.37. The van der Waals surface area contributed by atoms with Crippen molar-refractivity contribution in [2.45, 2.75) is 19.6 Å². The van der Waals surface area contributed by atoms with E-state index in [0.717, 1.165) is 41.5 Å². The Hall–Kier alpha value is -2.46. The number of ether oxygens (including phenoxy) is 1. The molecule has 1 heterocycles. The SMILES string of the molecule is COc1ccccc1CNCc1cn(Cc2ccccc2Cl)c2ccccc12.Cl. The van der Waals surface area contributed by atoms with E-state index in [1.54, 1.807) is 7.11 Å². The van der Waals surface area contributed by atoms with Gasteiger partial charge in [0, 0.05) is 47.3 Å². The van der Waals surface area contributed by atoms with Crippen LogP contribution in [0.3, 0.4) is 0 Å². The third-order valence-electron chi connectivity index (χ3n) is 4.99. The standard InChI is InChI=1S/C24H23ClN2O.ClH/c1-28-24-13-7-3-8-18(24)14-26-15-20-17-27(23-12-6-4-10-21(20)23)16-19-9-2-5-11-22(19)25;/h2-13,17,26H,14-16H2,1H3;1H. The van der Waals surface area contributed by atoms with Crippen LogP contribution in [-0.2, 0) is 19.6 Å². The molecule has 1 aromatic heterocycles. The minimum absolute atomic E-state index is 0. The van der Waals surface area contributed by atoms with E-state index in [0.29, 0.717) is 0 Å². The molecular formula is C24H24Cl2N2O. The average Bonchev–Trinajstić information content (AvgIpc) is 3.08. The number of hydrogen-bond acceptors (Lipinski definition) is 2. The molecule has 3 nitrogen and oxygen atoms in total. The smallest absolute Gasteiger partial charge is 0.123 e. The van der Waals surface area contributed by atoms with Gasteiger partial charge in [0.25, 0.3) is 0 Å². The summed E-state index contributed by atoms with van der Waals surface area (Å²) in [6, 6.07) is 24.6. The molecule has 0 amide bonds. The summed E-state index contributed by atoms with van der Waals surface area (Å²) in [6.45, 7) is 2.30. The van der Waals surface area contributed by atoms with Crippen molar-refractivity contribution in [2.24, 2.45) is 0 Å². The van der Waals surface area contributed by atoms with Crippen molar-refractivity contribution in [2.75, 3.05) is 7.11 Å². The van der Waals surface area contributed by atoms with Crippen molar-refractivity contribution in [1.29, 1.82) is 0 Å². The Morgan fingerprint density at radius 2 is 1.48 bits per heavy atom. The van der Waals surface area contributed by atoms with Crippen LogP contribution in [0.1, 0.15) is 16.7 Å². The Bertz CT molecular complexity index is 1090. The number of benzene rings is 3. The molecule has 0 aliphatic carbocycles. The molecular weight excluding hydrogens is 403 g/mol. The molecule has 29 heavy (non-hydrogen) atoms. The molecule has 0 saturated heterocycles. The van der Waals surface area contributed by atoms with Gasteiger partial charge in [0.05, 0.1) is 7.11 Å². The molecule has 0 radical (unpaired) electrons. The fraction of sp³-hybridized carbons (Fsp3) is 0.167. The summed E-state index contributed by atoms with van der Waals surface area (Å²) in [7, 11) is 1.71. The van der Waals surface area contributed by atoms with Crippen LogP contribution in [-0.4, -0.2) is 11.7 Å². The van der Waals surface area contributed by atoms with Crippen LogP contribution in [0.5, 0.6) is 5.75 Å². The second kappa shape index (κ2) is 9.84. The number of aromatic nitrogens is 1. The fourth-order valence-electron chi connectivity index (χ4n) is 3.59.